The van der Waals surface area contributed by atoms with Crippen molar-refractivity contribution < 1.29 is 17.8 Å². The van der Waals surface area contributed by atoms with E-state index in [4.69, 9.17) is 4.78 Å². The van der Waals surface area contributed by atoms with Crippen LogP contribution in [-0.2, 0) is 23.4 Å². The number of carbonyl (C=O) groups is 1. The Morgan fingerprint density at radius 2 is 2.15 bits per heavy atom. The first-order chi connectivity index (χ1) is 12.2. The molecule has 1 aromatic carbocycles. The lowest BCUT2D eigenvalue weighted by Gasteiger charge is -2.14. The molecule has 26 heavy (non-hydrogen) atoms. The highest BCUT2D eigenvalue weighted by molar-refractivity contribution is 7.90. The standard InChI is InChI=1S/C17H20F2N4O2S/c1-3-10-4-6-12-15(26(20,25)22-10)9-23(2)16(12)17(24)21-11-5-7-13(18)14(19)8-11/h5,7-10H,3-4,6H2,1-2H3,(H,21,24)(H2,20,22,25)/t10-,26?/m1/s1. The SMILES string of the molecule is CC[C@@H]1CCc2c(cn(C)c2C(=O)Nc2ccc(F)c(F)c2)S(=N)(=O)N1. The maximum absolute atomic E-state index is 13.4. The summed E-state index contributed by atoms with van der Waals surface area (Å²) in [4.78, 5) is 13.0. The fourth-order valence-electron chi connectivity index (χ4n) is 3.16. The Bertz CT molecular complexity index is 969. The fraction of sp³-hybridized carbons (Fsp3) is 0.353. The van der Waals surface area contributed by atoms with Gasteiger partial charge in [0.1, 0.15) is 15.6 Å². The predicted molar refractivity (Wildman–Crippen MR) is 94.4 cm³/mol. The Labute approximate surface area is 150 Å². The predicted octanol–water partition coefficient (Wildman–Crippen LogP) is 3.19. The molecule has 1 aliphatic rings. The van der Waals surface area contributed by atoms with Crippen molar-refractivity contribution >= 4 is 21.5 Å². The quantitative estimate of drug-likeness (QED) is 0.761. The molecule has 0 spiro atoms. The first-order valence-electron chi connectivity index (χ1n) is 8.23. The number of benzene rings is 1. The van der Waals surface area contributed by atoms with Crippen molar-refractivity contribution in [2.24, 2.45) is 7.05 Å². The molecule has 2 heterocycles. The summed E-state index contributed by atoms with van der Waals surface area (Å²) in [6, 6.07) is 3.03. The molecular formula is C17H20F2N4O2S. The van der Waals surface area contributed by atoms with Gasteiger partial charge >= 0.3 is 0 Å². The lowest BCUT2D eigenvalue weighted by molar-refractivity contribution is 0.101. The Balaban J connectivity index is 1.98. The average Bonchev–Trinajstić information content (AvgIpc) is 2.86. The van der Waals surface area contributed by atoms with E-state index in [1.807, 2.05) is 6.92 Å². The lowest BCUT2D eigenvalue weighted by Crippen LogP contribution is -2.32. The molecule has 140 valence electrons. The molecule has 3 N–H and O–H groups in total. The number of fused-ring (bicyclic) bond motifs is 1. The van der Waals surface area contributed by atoms with Crippen LogP contribution in [0.25, 0.3) is 0 Å². The van der Waals surface area contributed by atoms with Gasteiger partial charge in [0.25, 0.3) is 5.91 Å². The van der Waals surface area contributed by atoms with E-state index < -0.39 is 27.5 Å². The molecular weight excluding hydrogens is 362 g/mol. The zero-order chi connectivity index (χ0) is 19.1. The molecule has 9 heteroatoms. The van der Waals surface area contributed by atoms with Crippen LogP contribution in [0.5, 0.6) is 0 Å². The van der Waals surface area contributed by atoms with Crippen molar-refractivity contribution in [3.63, 3.8) is 0 Å². The van der Waals surface area contributed by atoms with Crippen LogP contribution in [0, 0.1) is 16.4 Å². The Morgan fingerprint density at radius 3 is 2.81 bits per heavy atom. The van der Waals surface area contributed by atoms with Gasteiger partial charge in [0.15, 0.2) is 11.6 Å². The molecule has 1 unspecified atom stereocenters. The molecule has 1 aromatic heterocycles. The minimum absolute atomic E-state index is 0.0696. The number of aromatic nitrogens is 1. The van der Waals surface area contributed by atoms with Gasteiger partial charge < -0.3 is 9.88 Å². The summed E-state index contributed by atoms with van der Waals surface area (Å²) in [5.41, 5.74) is 0.938. The maximum atomic E-state index is 13.4. The van der Waals surface area contributed by atoms with Gasteiger partial charge in [-0.15, -0.1) is 0 Å². The van der Waals surface area contributed by atoms with Crippen molar-refractivity contribution in [2.45, 2.75) is 37.1 Å². The number of halogens is 2. The second-order valence-electron chi connectivity index (χ2n) is 6.33. The number of amides is 1. The second-order valence-corrected chi connectivity index (χ2v) is 8.12. The number of aryl methyl sites for hydroxylation is 1. The van der Waals surface area contributed by atoms with Gasteiger partial charge in [-0.3, -0.25) is 4.79 Å². The zero-order valence-electron chi connectivity index (χ0n) is 14.4. The van der Waals surface area contributed by atoms with Gasteiger partial charge in [-0.05, 0) is 31.4 Å². The summed E-state index contributed by atoms with van der Waals surface area (Å²) in [5, 5.41) is 2.54. The van der Waals surface area contributed by atoms with E-state index >= 15 is 0 Å². The molecule has 1 amide bonds. The third kappa shape index (κ3) is 3.36. The Morgan fingerprint density at radius 1 is 1.42 bits per heavy atom. The molecule has 2 atom stereocenters. The average molecular weight is 382 g/mol. The second kappa shape index (κ2) is 6.81. The summed E-state index contributed by atoms with van der Waals surface area (Å²) in [7, 11) is -1.59. The zero-order valence-corrected chi connectivity index (χ0v) is 15.3. The van der Waals surface area contributed by atoms with Gasteiger partial charge in [-0.25, -0.2) is 22.5 Å². The number of hydrogen-bond donors (Lipinski definition) is 3. The van der Waals surface area contributed by atoms with Crippen LogP contribution in [-0.4, -0.2) is 20.7 Å². The fourth-order valence-corrected chi connectivity index (χ4v) is 4.89. The van der Waals surface area contributed by atoms with Gasteiger partial charge in [0.05, 0.1) is 4.90 Å². The van der Waals surface area contributed by atoms with E-state index in [1.165, 1.54) is 16.8 Å². The molecule has 0 fully saturated rings. The van der Waals surface area contributed by atoms with Gasteiger partial charge in [-0.2, -0.15) is 0 Å². The van der Waals surface area contributed by atoms with Crippen molar-refractivity contribution in [3.8, 4) is 0 Å². The van der Waals surface area contributed by atoms with Crippen LogP contribution in [0.2, 0.25) is 0 Å². The van der Waals surface area contributed by atoms with Gasteiger partial charge in [-0.1, -0.05) is 6.92 Å². The third-order valence-corrected chi connectivity index (χ3v) is 6.15. The minimum atomic E-state index is -3.22. The largest absolute Gasteiger partial charge is 0.345 e. The highest BCUT2D eigenvalue weighted by Gasteiger charge is 2.30. The molecule has 0 radical (unpaired) electrons. The molecule has 2 aromatic rings. The van der Waals surface area contributed by atoms with Crippen molar-refractivity contribution in [2.75, 3.05) is 5.32 Å². The van der Waals surface area contributed by atoms with Crippen molar-refractivity contribution in [1.29, 1.82) is 4.78 Å². The number of anilines is 1. The minimum Gasteiger partial charge on any atom is -0.345 e. The summed E-state index contributed by atoms with van der Waals surface area (Å²) >= 11 is 0. The molecule has 1 aliphatic heterocycles. The lowest BCUT2D eigenvalue weighted by atomic mass is 10.0. The summed E-state index contributed by atoms with van der Waals surface area (Å²) in [6.45, 7) is 1.94. The van der Waals surface area contributed by atoms with Crippen LogP contribution in [0.3, 0.4) is 0 Å². The monoisotopic (exact) mass is 382 g/mol. The molecule has 0 saturated carbocycles. The van der Waals surface area contributed by atoms with E-state index in [1.54, 1.807) is 7.05 Å². The van der Waals surface area contributed by atoms with Crippen LogP contribution in [0.1, 0.15) is 35.8 Å². The highest BCUT2D eigenvalue weighted by Crippen LogP contribution is 2.29. The van der Waals surface area contributed by atoms with Crippen molar-refractivity contribution in [3.05, 3.63) is 47.3 Å². The molecule has 6 nitrogen and oxygen atoms in total. The molecule has 0 aliphatic carbocycles. The Hall–Kier alpha value is -2.26. The number of nitrogens with zero attached hydrogens (tertiary/aromatic N) is 1. The number of hydrogen-bond acceptors (Lipinski definition) is 3. The molecule has 3 rings (SSSR count). The van der Waals surface area contributed by atoms with Gasteiger partial charge in [0.2, 0.25) is 0 Å². The summed E-state index contributed by atoms with van der Waals surface area (Å²) < 4.78 is 51.7. The first-order valence-corrected chi connectivity index (χ1v) is 9.79. The highest BCUT2D eigenvalue weighted by atomic mass is 32.2. The number of rotatable bonds is 3. The normalized spacial score (nSPS) is 22.5. The summed E-state index contributed by atoms with van der Waals surface area (Å²) in [6.07, 6.45) is 3.39. The van der Waals surface area contributed by atoms with E-state index in [9.17, 15) is 17.8 Å². The van der Waals surface area contributed by atoms with E-state index in [-0.39, 0.29) is 17.4 Å². The maximum Gasteiger partial charge on any atom is 0.272 e. The van der Waals surface area contributed by atoms with Gasteiger partial charge in [0, 0.05) is 36.6 Å². The third-order valence-electron chi connectivity index (χ3n) is 4.52. The smallest absolute Gasteiger partial charge is 0.272 e. The van der Waals surface area contributed by atoms with Crippen molar-refractivity contribution in [1.82, 2.24) is 9.29 Å². The van der Waals surface area contributed by atoms with E-state index in [0.29, 0.717) is 23.3 Å². The van der Waals surface area contributed by atoms with E-state index in [2.05, 4.69) is 10.0 Å². The van der Waals surface area contributed by atoms with Crippen LogP contribution in [0.15, 0.2) is 29.3 Å². The number of nitrogens with one attached hydrogen (secondary N) is 3. The first kappa shape index (κ1) is 18.5. The van der Waals surface area contributed by atoms with Crippen LogP contribution >= 0.6 is 0 Å². The van der Waals surface area contributed by atoms with E-state index in [0.717, 1.165) is 18.6 Å². The number of carbonyl (C=O) groups excluding carboxylic acids is 1. The van der Waals surface area contributed by atoms with Crippen LogP contribution < -0.4 is 10.0 Å². The van der Waals surface area contributed by atoms with Crippen LogP contribution in [0.4, 0.5) is 14.5 Å². The summed E-state index contributed by atoms with van der Waals surface area (Å²) in [5.74, 6) is -2.58. The molecule has 0 saturated heterocycles. The topological polar surface area (TPSA) is 87.0 Å². The Kier molecular flexibility index (Phi) is 4.85. The molecule has 0 bridgehead atoms.